The Hall–Kier alpha value is -1.42. The third-order valence-corrected chi connectivity index (χ3v) is 3.03. The lowest BCUT2D eigenvalue weighted by Crippen LogP contribution is -2.14. The van der Waals surface area contributed by atoms with E-state index in [-0.39, 0.29) is 5.33 Å². The number of ketones is 2. The molecule has 0 aliphatic rings. The van der Waals surface area contributed by atoms with Crippen LogP contribution >= 0.6 is 15.9 Å². The zero-order valence-corrected chi connectivity index (χ0v) is 10.3. The summed E-state index contributed by atoms with van der Waals surface area (Å²) in [5.74, 6) is -0.856. The number of hydrogen-bond donors (Lipinski definition) is 0. The Bertz CT molecular complexity index is 571. The fourth-order valence-corrected chi connectivity index (χ4v) is 1.99. The van der Waals surface area contributed by atoms with Crippen molar-refractivity contribution in [3.8, 4) is 0 Å². The van der Waals surface area contributed by atoms with Gasteiger partial charge in [0.2, 0.25) is 11.6 Å². The molecule has 0 unspecified atom stereocenters. The van der Waals surface area contributed by atoms with Crippen molar-refractivity contribution in [3.63, 3.8) is 0 Å². The first-order chi connectivity index (χ1) is 7.65. The van der Waals surface area contributed by atoms with Gasteiger partial charge in [0, 0.05) is 24.1 Å². The molecule has 0 N–H and O–H groups in total. The van der Waals surface area contributed by atoms with Crippen LogP contribution in [0.15, 0.2) is 30.5 Å². The van der Waals surface area contributed by atoms with Crippen LogP contribution in [-0.2, 0) is 11.8 Å². The molecule has 1 aromatic carbocycles. The van der Waals surface area contributed by atoms with Gasteiger partial charge in [-0.1, -0.05) is 34.1 Å². The molecular weight excluding hydrogens is 270 g/mol. The van der Waals surface area contributed by atoms with Crippen molar-refractivity contribution in [3.05, 3.63) is 36.0 Å². The summed E-state index contributed by atoms with van der Waals surface area (Å²) in [6, 6.07) is 7.54. The summed E-state index contributed by atoms with van der Waals surface area (Å²) >= 11 is 3.01. The van der Waals surface area contributed by atoms with Crippen LogP contribution in [0.1, 0.15) is 10.4 Å². The molecule has 4 heteroatoms. The first-order valence-electron chi connectivity index (χ1n) is 4.82. The smallest absolute Gasteiger partial charge is 0.231 e. The minimum atomic E-state index is -0.436. The number of alkyl halides is 1. The number of benzene rings is 1. The normalized spacial score (nSPS) is 10.6. The van der Waals surface area contributed by atoms with Gasteiger partial charge in [-0.25, -0.2) is 0 Å². The molecule has 3 nitrogen and oxygen atoms in total. The Balaban J connectivity index is 2.62. The fourth-order valence-electron chi connectivity index (χ4n) is 1.73. The lowest BCUT2D eigenvalue weighted by Gasteiger charge is -1.95. The second-order valence-corrected chi connectivity index (χ2v) is 4.12. The van der Waals surface area contributed by atoms with Gasteiger partial charge in [0.1, 0.15) is 0 Å². The van der Waals surface area contributed by atoms with Gasteiger partial charge in [-0.2, -0.15) is 0 Å². The molecule has 1 heterocycles. The van der Waals surface area contributed by atoms with Crippen molar-refractivity contribution >= 4 is 38.4 Å². The molecular formula is C12H10BrNO2. The van der Waals surface area contributed by atoms with E-state index in [1.807, 2.05) is 35.9 Å². The molecule has 0 amide bonds. The summed E-state index contributed by atoms with van der Waals surface area (Å²) in [7, 11) is 1.86. The van der Waals surface area contributed by atoms with Crippen LogP contribution in [0.25, 0.3) is 10.9 Å². The van der Waals surface area contributed by atoms with Crippen molar-refractivity contribution < 1.29 is 9.59 Å². The Labute approximate surface area is 101 Å². The lowest BCUT2D eigenvalue weighted by atomic mass is 10.1. The zero-order valence-electron chi connectivity index (χ0n) is 8.74. The van der Waals surface area contributed by atoms with E-state index in [0.29, 0.717) is 5.56 Å². The molecule has 0 saturated heterocycles. The molecule has 0 aliphatic heterocycles. The quantitative estimate of drug-likeness (QED) is 0.491. The van der Waals surface area contributed by atoms with Crippen LogP contribution in [0, 0.1) is 0 Å². The van der Waals surface area contributed by atoms with Gasteiger partial charge in [0.25, 0.3) is 0 Å². The minimum absolute atomic E-state index is 0.0645. The van der Waals surface area contributed by atoms with E-state index in [4.69, 9.17) is 0 Å². The highest BCUT2D eigenvalue weighted by Crippen LogP contribution is 2.20. The number of carbonyl (C=O) groups excluding carboxylic acids is 2. The molecule has 1 aromatic heterocycles. The molecule has 2 rings (SSSR count). The molecule has 0 bridgehead atoms. The molecule has 0 radical (unpaired) electrons. The largest absolute Gasteiger partial charge is 0.350 e. The minimum Gasteiger partial charge on any atom is -0.350 e. The standard InChI is InChI=1S/C12H10BrNO2/c1-14-7-9(12(16)11(15)6-13)8-4-2-3-5-10(8)14/h2-5,7H,6H2,1H3. The van der Waals surface area contributed by atoms with Gasteiger partial charge in [-0.05, 0) is 6.07 Å². The van der Waals surface area contributed by atoms with Crippen molar-refractivity contribution in [2.45, 2.75) is 0 Å². The number of nitrogens with zero attached hydrogens (tertiary/aromatic N) is 1. The fraction of sp³-hybridized carbons (Fsp3) is 0.167. The van der Waals surface area contributed by atoms with Crippen LogP contribution in [0.3, 0.4) is 0 Å². The third-order valence-electron chi connectivity index (χ3n) is 2.52. The second kappa shape index (κ2) is 4.22. The third kappa shape index (κ3) is 1.69. The van der Waals surface area contributed by atoms with E-state index in [0.717, 1.165) is 10.9 Å². The van der Waals surface area contributed by atoms with Crippen LogP contribution < -0.4 is 0 Å². The van der Waals surface area contributed by atoms with Crippen LogP contribution in [0.2, 0.25) is 0 Å². The molecule has 0 atom stereocenters. The monoisotopic (exact) mass is 279 g/mol. The zero-order chi connectivity index (χ0) is 11.7. The maximum absolute atomic E-state index is 11.8. The molecule has 2 aromatic rings. The van der Waals surface area contributed by atoms with Crippen molar-refractivity contribution in [1.29, 1.82) is 0 Å². The summed E-state index contributed by atoms with van der Waals surface area (Å²) in [4.78, 5) is 23.2. The number of halogens is 1. The highest BCUT2D eigenvalue weighted by molar-refractivity contribution is 9.09. The summed E-state index contributed by atoms with van der Waals surface area (Å²) in [5, 5.41) is 0.888. The number of Topliss-reactive ketones (excluding diaryl/α,β-unsaturated/α-hetero) is 2. The SMILES string of the molecule is Cn1cc(C(=O)C(=O)CBr)c2ccccc21. The Morgan fingerprint density at radius 2 is 2.00 bits per heavy atom. The predicted octanol–water partition coefficient (Wildman–Crippen LogP) is 2.33. The van der Waals surface area contributed by atoms with E-state index in [1.54, 1.807) is 6.20 Å². The van der Waals surface area contributed by atoms with E-state index in [2.05, 4.69) is 15.9 Å². The van der Waals surface area contributed by atoms with Crippen molar-refractivity contribution in [1.82, 2.24) is 4.57 Å². The van der Waals surface area contributed by atoms with Gasteiger partial charge >= 0.3 is 0 Å². The van der Waals surface area contributed by atoms with Gasteiger partial charge in [0.05, 0.1) is 10.9 Å². The van der Waals surface area contributed by atoms with E-state index in [1.165, 1.54) is 0 Å². The average molecular weight is 280 g/mol. The molecule has 82 valence electrons. The number of carbonyl (C=O) groups is 2. The molecule has 16 heavy (non-hydrogen) atoms. The molecule has 0 fully saturated rings. The van der Waals surface area contributed by atoms with E-state index < -0.39 is 11.6 Å². The maximum atomic E-state index is 11.8. The highest BCUT2D eigenvalue weighted by Gasteiger charge is 2.19. The topological polar surface area (TPSA) is 39.1 Å². The number of hydrogen-bond acceptors (Lipinski definition) is 2. The number of fused-ring (bicyclic) bond motifs is 1. The molecule has 0 saturated carbocycles. The Morgan fingerprint density at radius 3 is 2.69 bits per heavy atom. The second-order valence-electron chi connectivity index (χ2n) is 3.56. The number of rotatable bonds is 3. The first kappa shape index (κ1) is 11.1. The average Bonchev–Trinajstić information content (AvgIpc) is 2.65. The van der Waals surface area contributed by atoms with Gasteiger partial charge < -0.3 is 4.57 Å². The molecule has 0 spiro atoms. The summed E-state index contributed by atoms with van der Waals surface area (Å²) in [6.45, 7) is 0. The first-order valence-corrected chi connectivity index (χ1v) is 5.95. The van der Waals surface area contributed by atoms with Crippen molar-refractivity contribution in [2.75, 3.05) is 5.33 Å². The lowest BCUT2D eigenvalue weighted by molar-refractivity contribution is -0.112. The number of para-hydroxylation sites is 1. The van der Waals surface area contributed by atoms with Gasteiger partial charge in [-0.3, -0.25) is 9.59 Å². The molecule has 0 aliphatic carbocycles. The predicted molar refractivity (Wildman–Crippen MR) is 66.1 cm³/mol. The highest BCUT2D eigenvalue weighted by atomic mass is 79.9. The number of aromatic nitrogens is 1. The van der Waals surface area contributed by atoms with Crippen molar-refractivity contribution in [2.24, 2.45) is 7.05 Å². The Morgan fingerprint density at radius 1 is 1.31 bits per heavy atom. The van der Waals surface area contributed by atoms with Gasteiger partial charge in [-0.15, -0.1) is 0 Å². The van der Waals surface area contributed by atoms with E-state index in [9.17, 15) is 9.59 Å². The maximum Gasteiger partial charge on any atom is 0.231 e. The summed E-state index contributed by atoms with van der Waals surface area (Å²) < 4.78 is 1.85. The Kier molecular flexibility index (Phi) is 2.92. The van der Waals surface area contributed by atoms with Crippen LogP contribution in [0.4, 0.5) is 0 Å². The van der Waals surface area contributed by atoms with Crippen LogP contribution in [0.5, 0.6) is 0 Å². The van der Waals surface area contributed by atoms with Crippen LogP contribution in [-0.4, -0.2) is 21.5 Å². The summed E-state index contributed by atoms with van der Waals surface area (Å²) in [6.07, 6.45) is 1.70. The van der Waals surface area contributed by atoms with Gasteiger partial charge in [0.15, 0.2) is 0 Å². The van der Waals surface area contributed by atoms with E-state index >= 15 is 0 Å². The summed E-state index contributed by atoms with van der Waals surface area (Å²) in [5.41, 5.74) is 1.43. The number of aryl methyl sites for hydroxylation is 1.